The minimum atomic E-state index is -0.434. The molecule has 1 unspecified atom stereocenters. The Kier molecular flexibility index (Phi) is 6.64. The Balaban J connectivity index is 1.97. The van der Waals surface area contributed by atoms with Crippen LogP contribution in [0.3, 0.4) is 0 Å². The van der Waals surface area contributed by atoms with E-state index in [0.717, 1.165) is 17.5 Å². The van der Waals surface area contributed by atoms with Gasteiger partial charge in [0.2, 0.25) is 0 Å². The quantitative estimate of drug-likeness (QED) is 0.462. The number of methoxy groups -OCH3 is 1. The zero-order valence-electron chi connectivity index (χ0n) is 20.1. The molecule has 0 aliphatic carbocycles. The third-order valence-corrected chi connectivity index (χ3v) is 6.17. The van der Waals surface area contributed by atoms with Gasteiger partial charge in [0, 0.05) is 29.0 Å². The molecule has 0 saturated heterocycles. The van der Waals surface area contributed by atoms with E-state index in [4.69, 9.17) is 4.74 Å². The predicted octanol–water partition coefficient (Wildman–Crippen LogP) is 6.05. The van der Waals surface area contributed by atoms with Crippen LogP contribution in [0.25, 0.3) is 6.08 Å². The van der Waals surface area contributed by atoms with Gasteiger partial charge >= 0.3 is 0 Å². The third-order valence-electron chi connectivity index (χ3n) is 6.17. The van der Waals surface area contributed by atoms with Crippen molar-refractivity contribution in [3.8, 4) is 11.8 Å². The number of nitrogens with one attached hydrogen (secondary N) is 1. The van der Waals surface area contributed by atoms with Crippen LogP contribution in [0.2, 0.25) is 0 Å². The van der Waals surface area contributed by atoms with Crippen molar-refractivity contribution in [1.82, 2.24) is 0 Å². The van der Waals surface area contributed by atoms with E-state index in [9.17, 15) is 10.1 Å². The lowest BCUT2D eigenvalue weighted by Gasteiger charge is -2.50. The number of hydrogen-bond donors (Lipinski definition) is 1. The maximum absolute atomic E-state index is 12.8. The predicted molar refractivity (Wildman–Crippen MR) is 131 cm³/mol. The first-order chi connectivity index (χ1) is 15.1. The molecule has 2 aromatic carbocycles. The van der Waals surface area contributed by atoms with Gasteiger partial charge in [0.1, 0.15) is 17.4 Å². The van der Waals surface area contributed by atoms with Crippen LogP contribution < -0.4 is 15.0 Å². The molecule has 2 aromatic rings. The second-order valence-corrected chi connectivity index (χ2v) is 9.50. The van der Waals surface area contributed by atoms with Gasteiger partial charge in [-0.15, -0.1) is 0 Å². The van der Waals surface area contributed by atoms with Crippen molar-refractivity contribution in [2.75, 3.05) is 17.3 Å². The van der Waals surface area contributed by atoms with Crippen LogP contribution in [0.5, 0.6) is 5.75 Å². The molecule has 3 rings (SSSR count). The first-order valence-corrected chi connectivity index (χ1v) is 11.1. The van der Waals surface area contributed by atoms with Crippen molar-refractivity contribution < 1.29 is 9.53 Å². The number of nitrogens with zero attached hydrogens (tertiary/aromatic N) is 2. The maximum atomic E-state index is 12.8. The molecule has 1 amide bonds. The summed E-state index contributed by atoms with van der Waals surface area (Å²) in [5.41, 5.74) is 5.18. The minimum Gasteiger partial charge on any atom is -0.497 e. The van der Waals surface area contributed by atoms with Crippen LogP contribution >= 0.6 is 0 Å². The van der Waals surface area contributed by atoms with Gasteiger partial charge in [-0.2, -0.15) is 5.26 Å². The molecule has 1 atom stereocenters. The summed E-state index contributed by atoms with van der Waals surface area (Å²) >= 11 is 0. The number of amides is 1. The van der Waals surface area contributed by atoms with Gasteiger partial charge < -0.3 is 15.0 Å². The first-order valence-electron chi connectivity index (χ1n) is 11.1. The van der Waals surface area contributed by atoms with Crippen LogP contribution in [-0.4, -0.2) is 24.6 Å². The highest BCUT2D eigenvalue weighted by atomic mass is 16.5. The molecular formula is C27H33N3O2. The van der Waals surface area contributed by atoms with Gasteiger partial charge in [-0.1, -0.05) is 13.0 Å². The maximum Gasteiger partial charge on any atom is 0.266 e. The van der Waals surface area contributed by atoms with Gasteiger partial charge in [0.05, 0.1) is 7.11 Å². The summed E-state index contributed by atoms with van der Waals surface area (Å²) in [7, 11) is 1.57. The van der Waals surface area contributed by atoms with Crippen LogP contribution in [0.15, 0.2) is 42.0 Å². The van der Waals surface area contributed by atoms with Crippen molar-refractivity contribution in [2.45, 2.75) is 65.5 Å². The summed E-state index contributed by atoms with van der Waals surface area (Å²) in [5.74, 6) is 0.595. The SMILES string of the molecule is COc1cccc(NC(=O)/C(C#N)=C\c2cc3c(cc2C)N(C(C)C)C(C)(C)CC3C)c1. The van der Waals surface area contributed by atoms with E-state index in [0.29, 0.717) is 23.4 Å². The number of benzene rings is 2. The van der Waals surface area contributed by atoms with Gasteiger partial charge in [-0.05, 0) is 94.0 Å². The highest BCUT2D eigenvalue weighted by Gasteiger charge is 2.37. The smallest absolute Gasteiger partial charge is 0.266 e. The van der Waals surface area contributed by atoms with Crippen LogP contribution in [0.1, 0.15) is 63.6 Å². The summed E-state index contributed by atoms with van der Waals surface area (Å²) in [6.45, 7) is 13.3. The number of carbonyl (C=O) groups excluding carboxylic acids is 1. The minimum absolute atomic E-state index is 0.0683. The van der Waals surface area contributed by atoms with Crippen LogP contribution in [0.4, 0.5) is 11.4 Å². The summed E-state index contributed by atoms with van der Waals surface area (Å²) in [6.07, 6.45) is 2.74. The Morgan fingerprint density at radius 3 is 2.66 bits per heavy atom. The molecule has 0 aromatic heterocycles. The molecule has 0 spiro atoms. The Morgan fingerprint density at radius 1 is 1.31 bits per heavy atom. The monoisotopic (exact) mass is 431 g/mol. The van der Waals surface area contributed by atoms with Crippen molar-refractivity contribution in [3.63, 3.8) is 0 Å². The second-order valence-electron chi connectivity index (χ2n) is 9.50. The lowest BCUT2D eigenvalue weighted by atomic mass is 9.78. The zero-order valence-corrected chi connectivity index (χ0v) is 20.1. The van der Waals surface area contributed by atoms with Crippen molar-refractivity contribution in [2.24, 2.45) is 0 Å². The largest absolute Gasteiger partial charge is 0.497 e. The van der Waals surface area contributed by atoms with Crippen LogP contribution in [0, 0.1) is 18.3 Å². The molecule has 0 saturated carbocycles. The van der Waals surface area contributed by atoms with E-state index in [1.165, 1.54) is 11.3 Å². The van der Waals surface area contributed by atoms with Gasteiger partial charge in [0.25, 0.3) is 5.91 Å². The fraction of sp³-hybridized carbons (Fsp3) is 0.407. The van der Waals surface area contributed by atoms with E-state index in [-0.39, 0.29) is 11.1 Å². The summed E-state index contributed by atoms with van der Waals surface area (Å²) < 4.78 is 5.20. The lowest BCUT2D eigenvalue weighted by Crippen LogP contribution is -2.51. The molecule has 1 heterocycles. The number of rotatable bonds is 5. The first kappa shape index (κ1) is 23.4. The molecule has 168 valence electrons. The number of anilines is 2. The third kappa shape index (κ3) is 4.65. The molecule has 1 aliphatic heterocycles. The standard InChI is InChI=1S/C27H33N3O2/c1-17(2)30-25-11-18(3)20(13-24(25)19(4)15-27(30,5)6)12-21(16-28)26(31)29-22-9-8-10-23(14-22)32-7/h8-14,17,19H,15H2,1-7H3,(H,29,31)/b21-12-. The molecule has 5 heteroatoms. The number of nitriles is 1. The fourth-order valence-corrected chi connectivity index (χ4v) is 4.95. The lowest BCUT2D eigenvalue weighted by molar-refractivity contribution is -0.112. The number of hydrogen-bond acceptors (Lipinski definition) is 4. The number of carbonyl (C=O) groups is 1. The fourth-order valence-electron chi connectivity index (χ4n) is 4.95. The Labute approximate surface area is 191 Å². The van der Waals surface area contributed by atoms with E-state index < -0.39 is 5.91 Å². The summed E-state index contributed by atoms with van der Waals surface area (Å²) in [5, 5.41) is 12.5. The summed E-state index contributed by atoms with van der Waals surface area (Å²) in [4.78, 5) is 15.3. The van der Waals surface area contributed by atoms with Gasteiger partial charge in [0.15, 0.2) is 0 Å². The molecular weight excluding hydrogens is 398 g/mol. The summed E-state index contributed by atoms with van der Waals surface area (Å²) in [6, 6.07) is 13.9. The average Bonchev–Trinajstić information content (AvgIpc) is 2.71. The van der Waals surface area contributed by atoms with E-state index in [2.05, 4.69) is 63.0 Å². The zero-order chi connectivity index (χ0) is 23.6. The van der Waals surface area contributed by atoms with Crippen LogP contribution in [-0.2, 0) is 4.79 Å². The van der Waals surface area contributed by atoms with Crippen molar-refractivity contribution >= 4 is 23.4 Å². The molecule has 0 radical (unpaired) electrons. The second kappa shape index (κ2) is 9.08. The molecule has 0 fully saturated rings. The Morgan fingerprint density at radius 2 is 2.03 bits per heavy atom. The molecule has 0 bridgehead atoms. The Bertz CT molecular complexity index is 1090. The molecule has 5 nitrogen and oxygen atoms in total. The van der Waals surface area contributed by atoms with E-state index in [1.54, 1.807) is 37.5 Å². The number of ether oxygens (including phenoxy) is 1. The van der Waals surface area contributed by atoms with Crippen molar-refractivity contribution in [3.05, 3.63) is 58.7 Å². The molecule has 32 heavy (non-hydrogen) atoms. The van der Waals surface area contributed by atoms with Gasteiger partial charge in [-0.3, -0.25) is 4.79 Å². The molecule has 1 aliphatic rings. The van der Waals surface area contributed by atoms with E-state index in [1.807, 2.05) is 6.92 Å². The van der Waals surface area contributed by atoms with E-state index >= 15 is 0 Å². The highest BCUT2D eigenvalue weighted by molar-refractivity contribution is 6.09. The topological polar surface area (TPSA) is 65.4 Å². The number of aryl methyl sites for hydroxylation is 1. The highest BCUT2D eigenvalue weighted by Crippen LogP contribution is 2.45. The number of fused-ring (bicyclic) bond motifs is 1. The molecule has 1 N–H and O–H groups in total. The van der Waals surface area contributed by atoms with Crippen molar-refractivity contribution in [1.29, 1.82) is 5.26 Å². The normalized spacial score (nSPS) is 17.5. The Hall–Kier alpha value is -3.26. The average molecular weight is 432 g/mol. The van der Waals surface area contributed by atoms with Gasteiger partial charge in [-0.25, -0.2) is 0 Å².